The Morgan fingerprint density at radius 2 is 1.97 bits per heavy atom. The van der Waals surface area contributed by atoms with Crippen molar-refractivity contribution in [3.63, 3.8) is 0 Å². The van der Waals surface area contributed by atoms with E-state index in [2.05, 4.69) is 47.1 Å². The molecule has 4 aromatic rings. The number of hydrogen-bond acceptors (Lipinski definition) is 5. The Labute approximate surface area is 215 Å². The van der Waals surface area contributed by atoms with Crippen molar-refractivity contribution in [2.24, 2.45) is 0 Å². The smallest absolute Gasteiger partial charge is 0.326 e. The fourth-order valence-corrected chi connectivity index (χ4v) is 5.92. The molecule has 0 aliphatic carbocycles. The molecule has 0 bridgehead atoms. The Bertz CT molecular complexity index is 1490. The van der Waals surface area contributed by atoms with Crippen LogP contribution in [-0.2, 0) is 4.79 Å². The molecule has 6 rings (SSSR count). The summed E-state index contributed by atoms with van der Waals surface area (Å²) in [4.78, 5) is 36.0. The number of fused-ring (bicyclic) bond motifs is 2. The van der Waals surface area contributed by atoms with Gasteiger partial charge in [0, 0.05) is 48.7 Å². The molecule has 2 fully saturated rings. The lowest BCUT2D eigenvalue weighted by molar-refractivity contribution is -0.125. The number of methoxy groups -OCH3 is 1. The van der Waals surface area contributed by atoms with Crippen molar-refractivity contribution in [1.29, 1.82) is 0 Å². The average Bonchev–Trinajstić information content (AvgIpc) is 3.65. The van der Waals surface area contributed by atoms with E-state index in [-0.39, 0.29) is 11.9 Å². The molecule has 1 aromatic carbocycles. The molecule has 0 radical (unpaired) electrons. The number of benzene rings is 1. The molecule has 9 heteroatoms. The Morgan fingerprint density at radius 1 is 1.16 bits per heavy atom. The van der Waals surface area contributed by atoms with Gasteiger partial charge in [-0.1, -0.05) is 19.9 Å². The van der Waals surface area contributed by atoms with E-state index in [0.29, 0.717) is 49.3 Å². The number of aromatic amines is 1. The topological polar surface area (TPSA) is 95.8 Å². The molecule has 0 spiro atoms. The molecule has 0 unspecified atom stereocenters. The zero-order valence-electron chi connectivity index (χ0n) is 21.5. The highest BCUT2D eigenvalue weighted by Crippen LogP contribution is 2.39. The van der Waals surface area contributed by atoms with Crippen LogP contribution in [-0.4, -0.2) is 68.1 Å². The third kappa shape index (κ3) is 4.02. The largest absolute Gasteiger partial charge is 0.493 e. The Kier molecular flexibility index (Phi) is 5.85. The molecule has 37 heavy (non-hydrogen) atoms. The van der Waals surface area contributed by atoms with Gasteiger partial charge in [0.25, 0.3) is 0 Å². The molecular weight excluding hydrogens is 468 g/mol. The lowest BCUT2D eigenvalue weighted by atomic mass is 9.87. The summed E-state index contributed by atoms with van der Waals surface area (Å²) in [6.07, 6.45) is 6.57. The molecule has 2 aliphatic heterocycles. The van der Waals surface area contributed by atoms with Crippen LogP contribution in [0.5, 0.6) is 5.75 Å². The van der Waals surface area contributed by atoms with Crippen molar-refractivity contribution >= 4 is 28.5 Å². The number of ether oxygens (including phenoxy) is 1. The maximum absolute atomic E-state index is 12.8. The second-order valence-corrected chi connectivity index (χ2v) is 10.4. The molecule has 3 amide bonds. The van der Waals surface area contributed by atoms with Gasteiger partial charge in [-0.05, 0) is 60.4 Å². The number of carbonyl (C=O) groups is 2. The molecule has 2 aliphatic rings. The van der Waals surface area contributed by atoms with Crippen LogP contribution >= 0.6 is 0 Å². The second kappa shape index (κ2) is 9.21. The van der Waals surface area contributed by atoms with Crippen LogP contribution in [0.15, 0.2) is 36.8 Å². The summed E-state index contributed by atoms with van der Waals surface area (Å²) in [6.45, 7) is 6.34. The highest BCUT2D eigenvalue weighted by molar-refractivity contribution is 5.96. The normalized spacial score (nSPS) is 17.0. The standard InChI is InChI=1S/C28H32N6O3/c1-17(2)25-21-13-19(18-8-11-32(12-9-18)28(36)33-10-4-5-24(33)35)6-7-22(21)31-26(25)20-14-23(37-3)27-29-16-30-34(27)15-20/h6-7,13-18,31H,4-5,8-12H2,1-3H3. The quantitative estimate of drug-likeness (QED) is 0.429. The average molecular weight is 501 g/mol. The van der Waals surface area contributed by atoms with Crippen LogP contribution in [0, 0.1) is 0 Å². The number of nitrogens with zero attached hydrogens (tertiary/aromatic N) is 5. The summed E-state index contributed by atoms with van der Waals surface area (Å²) in [5.41, 5.74) is 6.41. The summed E-state index contributed by atoms with van der Waals surface area (Å²) in [5.74, 6) is 1.32. The Hall–Kier alpha value is -3.88. The first kappa shape index (κ1) is 23.5. The number of piperidine rings is 1. The first-order valence-electron chi connectivity index (χ1n) is 13.1. The highest BCUT2D eigenvalue weighted by atomic mass is 16.5. The minimum atomic E-state index is -0.117. The zero-order valence-corrected chi connectivity index (χ0v) is 21.5. The fraction of sp³-hybridized carbons (Fsp3) is 0.429. The number of amides is 3. The number of imide groups is 1. The van der Waals surface area contributed by atoms with Crippen LogP contribution in [0.2, 0.25) is 0 Å². The van der Waals surface area contributed by atoms with Gasteiger partial charge < -0.3 is 14.6 Å². The molecule has 3 aromatic heterocycles. The van der Waals surface area contributed by atoms with Gasteiger partial charge in [-0.2, -0.15) is 5.10 Å². The van der Waals surface area contributed by atoms with Gasteiger partial charge in [-0.15, -0.1) is 0 Å². The van der Waals surface area contributed by atoms with Gasteiger partial charge in [0.1, 0.15) is 6.33 Å². The summed E-state index contributed by atoms with van der Waals surface area (Å²) in [7, 11) is 1.65. The van der Waals surface area contributed by atoms with Gasteiger partial charge in [-0.3, -0.25) is 9.69 Å². The third-order valence-corrected chi connectivity index (χ3v) is 7.83. The molecule has 0 saturated carbocycles. The predicted molar refractivity (Wildman–Crippen MR) is 141 cm³/mol. The Balaban J connectivity index is 1.30. The van der Waals surface area contributed by atoms with Crippen LogP contribution in [0.4, 0.5) is 4.79 Å². The van der Waals surface area contributed by atoms with Crippen molar-refractivity contribution in [2.45, 2.75) is 51.4 Å². The SMILES string of the molecule is COc1cc(-c2[nH]c3ccc(C4CCN(C(=O)N5CCCC5=O)CC4)cc3c2C(C)C)cn2ncnc12. The number of rotatable bonds is 4. The van der Waals surface area contributed by atoms with Crippen LogP contribution in [0.25, 0.3) is 27.8 Å². The van der Waals surface area contributed by atoms with E-state index < -0.39 is 0 Å². The van der Waals surface area contributed by atoms with E-state index in [4.69, 9.17) is 4.74 Å². The molecule has 1 N–H and O–H groups in total. The number of pyridine rings is 1. The van der Waals surface area contributed by atoms with Gasteiger partial charge in [-0.25, -0.2) is 14.3 Å². The first-order valence-corrected chi connectivity index (χ1v) is 13.1. The summed E-state index contributed by atoms with van der Waals surface area (Å²) in [6, 6.07) is 8.60. The number of likely N-dealkylation sites (tertiary alicyclic amines) is 2. The zero-order chi connectivity index (χ0) is 25.7. The second-order valence-electron chi connectivity index (χ2n) is 10.4. The third-order valence-electron chi connectivity index (χ3n) is 7.83. The lowest BCUT2D eigenvalue weighted by Crippen LogP contribution is -2.46. The first-order chi connectivity index (χ1) is 17.9. The van der Waals surface area contributed by atoms with Crippen molar-refractivity contribution in [3.8, 4) is 17.0 Å². The summed E-state index contributed by atoms with van der Waals surface area (Å²) in [5, 5.41) is 5.55. The van der Waals surface area contributed by atoms with Crippen molar-refractivity contribution < 1.29 is 14.3 Å². The van der Waals surface area contributed by atoms with E-state index in [1.165, 1.54) is 27.7 Å². The minimum Gasteiger partial charge on any atom is -0.493 e. The maximum Gasteiger partial charge on any atom is 0.326 e. The Morgan fingerprint density at radius 3 is 2.68 bits per heavy atom. The van der Waals surface area contributed by atoms with E-state index in [1.807, 2.05) is 17.2 Å². The predicted octanol–water partition coefficient (Wildman–Crippen LogP) is 4.93. The van der Waals surface area contributed by atoms with Crippen LogP contribution < -0.4 is 4.74 Å². The molecule has 192 valence electrons. The number of carbonyl (C=O) groups excluding carboxylic acids is 2. The minimum absolute atomic E-state index is 0.0392. The molecule has 9 nitrogen and oxygen atoms in total. The van der Waals surface area contributed by atoms with Gasteiger partial charge >= 0.3 is 6.03 Å². The highest BCUT2D eigenvalue weighted by Gasteiger charge is 2.32. The molecule has 0 atom stereocenters. The van der Waals surface area contributed by atoms with Crippen molar-refractivity contribution in [3.05, 3.63) is 47.9 Å². The molecule has 5 heterocycles. The summed E-state index contributed by atoms with van der Waals surface area (Å²) >= 11 is 0. The number of H-pyrrole nitrogens is 1. The van der Waals surface area contributed by atoms with Crippen molar-refractivity contribution in [1.82, 2.24) is 29.4 Å². The van der Waals surface area contributed by atoms with Gasteiger partial charge in [0.05, 0.1) is 12.8 Å². The number of hydrogen-bond donors (Lipinski definition) is 1. The van der Waals surface area contributed by atoms with E-state index in [9.17, 15) is 9.59 Å². The number of urea groups is 1. The molecule has 2 saturated heterocycles. The van der Waals surface area contributed by atoms with Crippen LogP contribution in [0.3, 0.4) is 0 Å². The fourth-order valence-electron chi connectivity index (χ4n) is 5.92. The number of nitrogens with one attached hydrogen (secondary N) is 1. The number of aromatic nitrogens is 4. The van der Waals surface area contributed by atoms with Crippen molar-refractivity contribution in [2.75, 3.05) is 26.7 Å². The van der Waals surface area contributed by atoms with E-state index in [0.717, 1.165) is 36.0 Å². The summed E-state index contributed by atoms with van der Waals surface area (Å²) < 4.78 is 7.35. The van der Waals surface area contributed by atoms with Gasteiger partial charge in [0.15, 0.2) is 11.4 Å². The van der Waals surface area contributed by atoms with E-state index in [1.54, 1.807) is 11.6 Å². The molecular formula is C28H32N6O3. The van der Waals surface area contributed by atoms with E-state index >= 15 is 0 Å². The maximum atomic E-state index is 12.8. The lowest BCUT2D eigenvalue weighted by Gasteiger charge is -2.34. The van der Waals surface area contributed by atoms with Gasteiger partial charge in [0.2, 0.25) is 5.91 Å². The van der Waals surface area contributed by atoms with Crippen LogP contribution in [0.1, 0.15) is 62.5 Å². The monoisotopic (exact) mass is 500 g/mol.